The lowest BCUT2D eigenvalue weighted by Gasteiger charge is -2.31. The number of likely N-dealkylation sites (tertiary alicyclic amines) is 1. The van der Waals surface area contributed by atoms with Crippen LogP contribution in [0.15, 0.2) is 60.0 Å². The van der Waals surface area contributed by atoms with Gasteiger partial charge in [0.15, 0.2) is 0 Å². The topological polar surface area (TPSA) is 93.7 Å². The normalized spacial score (nSPS) is 13.9. The summed E-state index contributed by atoms with van der Waals surface area (Å²) in [5.74, 6) is 1.35. The molecule has 2 aromatic heterocycles. The number of rotatable bonds is 7. The van der Waals surface area contributed by atoms with Crippen molar-refractivity contribution in [2.24, 2.45) is 0 Å². The van der Waals surface area contributed by atoms with E-state index in [1.54, 1.807) is 20.3 Å². The first-order chi connectivity index (χ1) is 18.1. The maximum atomic E-state index is 13.2. The minimum Gasteiger partial charge on any atom is -0.497 e. The number of amides is 2. The van der Waals surface area contributed by atoms with Gasteiger partial charge in [0.1, 0.15) is 22.9 Å². The molecule has 0 radical (unpaired) electrons. The van der Waals surface area contributed by atoms with Gasteiger partial charge in [0.25, 0.3) is 11.8 Å². The first kappa shape index (κ1) is 24.7. The first-order valence-electron chi connectivity index (χ1n) is 12.2. The number of para-hydroxylation sites is 1. The standard InChI is InChI=1S/C28H28N4O4S/c1-35-20-9-7-18(8-10-20)16-29-26(33)24-17-37-27(31-24)19-11-13-32(14-12-19)28(34)23-15-25(36-2)21-5-3-4-6-22(21)30-23/h3-10,15,17,19H,11-14,16H2,1-2H3,(H,29,33). The van der Waals surface area contributed by atoms with Crippen LogP contribution in [0.1, 0.15) is 50.3 Å². The highest BCUT2D eigenvalue weighted by molar-refractivity contribution is 7.09. The molecule has 37 heavy (non-hydrogen) atoms. The van der Waals surface area contributed by atoms with Gasteiger partial charge in [-0.25, -0.2) is 9.97 Å². The third kappa shape index (κ3) is 5.41. The van der Waals surface area contributed by atoms with Crippen molar-refractivity contribution in [3.05, 3.63) is 81.9 Å². The molecule has 2 aromatic carbocycles. The van der Waals surface area contributed by atoms with E-state index in [0.717, 1.165) is 40.1 Å². The predicted octanol–water partition coefficient (Wildman–Crippen LogP) is 4.66. The fraction of sp³-hybridized carbons (Fsp3) is 0.286. The molecule has 0 unspecified atom stereocenters. The molecule has 0 saturated carbocycles. The van der Waals surface area contributed by atoms with Crippen molar-refractivity contribution < 1.29 is 19.1 Å². The van der Waals surface area contributed by atoms with Gasteiger partial charge >= 0.3 is 0 Å². The smallest absolute Gasteiger partial charge is 0.272 e. The molecule has 3 heterocycles. The molecule has 8 nitrogen and oxygen atoms in total. The number of hydrogen-bond acceptors (Lipinski definition) is 7. The van der Waals surface area contributed by atoms with Crippen molar-refractivity contribution in [3.63, 3.8) is 0 Å². The van der Waals surface area contributed by atoms with Gasteiger partial charge < -0.3 is 19.7 Å². The molecular weight excluding hydrogens is 488 g/mol. The summed E-state index contributed by atoms with van der Waals surface area (Å²) in [4.78, 5) is 36.9. The molecule has 5 rings (SSSR count). The SMILES string of the molecule is COc1ccc(CNC(=O)c2csc(C3CCN(C(=O)c4cc(OC)c5ccccc5n4)CC3)n2)cc1. The maximum Gasteiger partial charge on any atom is 0.272 e. The summed E-state index contributed by atoms with van der Waals surface area (Å²) in [5, 5.41) is 6.55. The summed E-state index contributed by atoms with van der Waals surface area (Å²) in [5.41, 5.74) is 2.54. The zero-order valence-electron chi connectivity index (χ0n) is 20.8. The molecule has 9 heteroatoms. The van der Waals surface area contributed by atoms with Gasteiger partial charge in [0.05, 0.1) is 24.7 Å². The van der Waals surface area contributed by atoms with Gasteiger partial charge in [-0.1, -0.05) is 24.3 Å². The Morgan fingerprint density at radius 2 is 1.76 bits per heavy atom. The second kappa shape index (κ2) is 11.0. The molecule has 190 valence electrons. The van der Waals surface area contributed by atoms with Crippen LogP contribution in [0.25, 0.3) is 10.9 Å². The van der Waals surface area contributed by atoms with Gasteiger partial charge in [-0.2, -0.15) is 0 Å². The highest BCUT2D eigenvalue weighted by atomic mass is 32.1. The number of nitrogens with zero attached hydrogens (tertiary/aromatic N) is 3. The van der Waals surface area contributed by atoms with E-state index in [9.17, 15) is 9.59 Å². The second-order valence-electron chi connectivity index (χ2n) is 8.90. The highest BCUT2D eigenvalue weighted by Gasteiger charge is 2.28. The molecule has 1 fully saturated rings. The Morgan fingerprint density at radius 3 is 2.49 bits per heavy atom. The number of pyridine rings is 1. The largest absolute Gasteiger partial charge is 0.497 e. The number of fused-ring (bicyclic) bond motifs is 1. The number of benzene rings is 2. The molecule has 2 amide bonds. The number of carbonyl (C=O) groups is 2. The summed E-state index contributed by atoms with van der Waals surface area (Å²) in [6, 6.07) is 16.9. The van der Waals surface area contributed by atoms with E-state index in [1.807, 2.05) is 58.8 Å². The average Bonchev–Trinajstić information content (AvgIpc) is 3.46. The molecule has 0 aliphatic carbocycles. The summed E-state index contributed by atoms with van der Waals surface area (Å²) in [6.07, 6.45) is 1.58. The van der Waals surface area contributed by atoms with E-state index in [-0.39, 0.29) is 17.7 Å². The van der Waals surface area contributed by atoms with E-state index < -0.39 is 0 Å². The van der Waals surface area contributed by atoms with Crippen LogP contribution in [0.4, 0.5) is 0 Å². The summed E-state index contributed by atoms with van der Waals surface area (Å²) >= 11 is 1.50. The number of aromatic nitrogens is 2. The van der Waals surface area contributed by atoms with E-state index in [1.165, 1.54) is 11.3 Å². The maximum absolute atomic E-state index is 13.2. The average molecular weight is 517 g/mol. The fourth-order valence-corrected chi connectivity index (χ4v) is 5.48. The van der Waals surface area contributed by atoms with Crippen molar-refractivity contribution >= 4 is 34.1 Å². The Bertz CT molecular complexity index is 1410. The summed E-state index contributed by atoms with van der Waals surface area (Å²) in [7, 11) is 3.22. The number of piperidine rings is 1. The zero-order valence-corrected chi connectivity index (χ0v) is 21.6. The van der Waals surface area contributed by atoms with Crippen LogP contribution in [-0.2, 0) is 6.54 Å². The van der Waals surface area contributed by atoms with Crippen molar-refractivity contribution in [2.75, 3.05) is 27.3 Å². The van der Waals surface area contributed by atoms with Gasteiger partial charge in [-0.15, -0.1) is 11.3 Å². The third-order valence-electron chi connectivity index (χ3n) is 6.62. The van der Waals surface area contributed by atoms with Gasteiger partial charge in [0.2, 0.25) is 0 Å². The van der Waals surface area contributed by atoms with Crippen LogP contribution in [0.3, 0.4) is 0 Å². The predicted molar refractivity (Wildman–Crippen MR) is 142 cm³/mol. The third-order valence-corrected chi connectivity index (χ3v) is 7.62. The monoisotopic (exact) mass is 516 g/mol. The van der Waals surface area contributed by atoms with E-state index in [0.29, 0.717) is 36.8 Å². The van der Waals surface area contributed by atoms with E-state index in [2.05, 4.69) is 15.3 Å². The van der Waals surface area contributed by atoms with Gasteiger partial charge in [0, 0.05) is 42.4 Å². The van der Waals surface area contributed by atoms with Crippen LogP contribution < -0.4 is 14.8 Å². The molecule has 1 N–H and O–H groups in total. The summed E-state index contributed by atoms with van der Waals surface area (Å²) in [6.45, 7) is 1.64. The quantitative estimate of drug-likeness (QED) is 0.384. The minimum atomic E-state index is -0.192. The van der Waals surface area contributed by atoms with Crippen LogP contribution in [0, 0.1) is 0 Å². The van der Waals surface area contributed by atoms with Gasteiger partial charge in [-0.05, 0) is 42.7 Å². The number of carbonyl (C=O) groups excluding carboxylic acids is 2. The molecule has 0 atom stereocenters. The Labute approximate surface area is 219 Å². The molecule has 0 spiro atoms. The van der Waals surface area contributed by atoms with Gasteiger partial charge in [-0.3, -0.25) is 9.59 Å². The lowest BCUT2D eigenvalue weighted by atomic mass is 9.97. The molecule has 1 saturated heterocycles. The molecular formula is C28H28N4O4S. The van der Waals surface area contributed by atoms with E-state index in [4.69, 9.17) is 9.47 Å². The zero-order chi connectivity index (χ0) is 25.8. The molecule has 0 bridgehead atoms. The molecule has 1 aliphatic rings. The van der Waals surface area contributed by atoms with Crippen molar-refractivity contribution in [1.82, 2.24) is 20.2 Å². The number of nitrogens with one attached hydrogen (secondary N) is 1. The number of hydrogen-bond donors (Lipinski definition) is 1. The van der Waals surface area contributed by atoms with E-state index >= 15 is 0 Å². The number of thiazole rings is 1. The van der Waals surface area contributed by atoms with Crippen molar-refractivity contribution in [1.29, 1.82) is 0 Å². The molecule has 4 aromatic rings. The Balaban J connectivity index is 1.18. The first-order valence-corrected chi connectivity index (χ1v) is 13.0. The highest BCUT2D eigenvalue weighted by Crippen LogP contribution is 2.32. The van der Waals surface area contributed by atoms with Crippen molar-refractivity contribution in [3.8, 4) is 11.5 Å². The van der Waals surface area contributed by atoms with Crippen LogP contribution in [0.2, 0.25) is 0 Å². The van der Waals surface area contributed by atoms with Crippen LogP contribution in [-0.4, -0.2) is 54.0 Å². The van der Waals surface area contributed by atoms with Crippen LogP contribution in [0.5, 0.6) is 11.5 Å². The lowest BCUT2D eigenvalue weighted by Crippen LogP contribution is -2.38. The van der Waals surface area contributed by atoms with Crippen molar-refractivity contribution in [2.45, 2.75) is 25.3 Å². The number of methoxy groups -OCH3 is 2. The minimum absolute atomic E-state index is 0.0970. The number of ether oxygens (including phenoxy) is 2. The Hall–Kier alpha value is -3.98. The fourth-order valence-electron chi connectivity index (χ4n) is 4.51. The Morgan fingerprint density at radius 1 is 1.00 bits per heavy atom. The van der Waals surface area contributed by atoms with Crippen LogP contribution >= 0.6 is 11.3 Å². The second-order valence-corrected chi connectivity index (χ2v) is 9.78. The Kier molecular flexibility index (Phi) is 7.32. The lowest BCUT2D eigenvalue weighted by molar-refractivity contribution is 0.0707. The molecule has 1 aliphatic heterocycles. The summed E-state index contributed by atoms with van der Waals surface area (Å²) < 4.78 is 10.7.